The van der Waals surface area contributed by atoms with Crippen molar-refractivity contribution in [1.82, 2.24) is 0 Å². The molecule has 0 atom stereocenters. The molecule has 1 aromatic rings. The monoisotopic (exact) mass is 302 g/mol. The van der Waals surface area contributed by atoms with Gasteiger partial charge in [0.25, 0.3) is 0 Å². The first-order valence-electron chi connectivity index (χ1n) is 6.55. The molecule has 1 aliphatic carbocycles. The van der Waals surface area contributed by atoms with Gasteiger partial charge in [0.05, 0.1) is 18.0 Å². The Bertz CT molecular complexity index is 569. The lowest BCUT2D eigenvalue weighted by Crippen LogP contribution is -2.28. The predicted octanol–water partition coefficient (Wildman–Crippen LogP) is 1.91. The standard InChI is InChI=1S/C13H19FN2O3S/c1-20(18,19)16-13-8-10(4-7-12(13)14)15-9-2-5-11(17)6-3-9/h4,7-9,11,15-17H,2-3,5-6H2,1H3. The summed E-state index contributed by atoms with van der Waals surface area (Å²) >= 11 is 0. The fourth-order valence-corrected chi connectivity index (χ4v) is 2.90. The molecule has 1 aliphatic rings. The van der Waals surface area contributed by atoms with E-state index in [1.807, 2.05) is 0 Å². The van der Waals surface area contributed by atoms with Crippen molar-refractivity contribution in [2.24, 2.45) is 0 Å². The molecule has 0 unspecified atom stereocenters. The third-order valence-electron chi connectivity index (χ3n) is 3.33. The zero-order valence-corrected chi connectivity index (χ0v) is 12.1. The molecular weight excluding hydrogens is 283 g/mol. The fraction of sp³-hybridized carbons (Fsp3) is 0.538. The van der Waals surface area contributed by atoms with Crippen molar-refractivity contribution in [2.75, 3.05) is 16.3 Å². The second kappa shape index (κ2) is 5.97. The summed E-state index contributed by atoms with van der Waals surface area (Å²) in [6.45, 7) is 0. The van der Waals surface area contributed by atoms with Crippen molar-refractivity contribution in [3.05, 3.63) is 24.0 Å². The Kier molecular flexibility index (Phi) is 4.49. The first-order valence-corrected chi connectivity index (χ1v) is 8.44. The van der Waals surface area contributed by atoms with E-state index in [1.54, 1.807) is 6.07 Å². The topological polar surface area (TPSA) is 78.4 Å². The van der Waals surface area contributed by atoms with Gasteiger partial charge in [-0.25, -0.2) is 12.8 Å². The average molecular weight is 302 g/mol. The molecule has 0 aliphatic heterocycles. The van der Waals surface area contributed by atoms with Crippen LogP contribution in [0.25, 0.3) is 0 Å². The highest BCUT2D eigenvalue weighted by molar-refractivity contribution is 7.92. The van der Waals surface area contributed by atoms with Gasteiger partial charge >= 0.3 is 0 Å². The second-order valence-corrected chi connectivity index (χ2v) is 6.97. The van der Waals surface area contributed by atoms with Crippen LogP contribution >= 0.6 is 0 Å². The van der Waals surface area contributed by atoms with Crippen molar-refractivity contribution in [2.45, 2.75) is 37.8 Å². The molecule has 5 nitrogen and oxygen atoms in total. The first kappa shape index (κ1) is 15.1. The smallest absolute Gasteiger partial charge is 0.229 e. The maximum Gasteiger partial charge on any atom is 0.229 e. The fourth-order valence-electron chi connectivity index (χ4n) is 2.35. The van der Waals surface area contributed by atoms with Gasteiger partial charge in [-0.1, -0.05) is 0 Å². The summed E-state index contributed by atoms with van der Waals surface area (Å²) in [6, 6.07) is 4.47. The molecule has 112 valence electrons. The maximum absolute atomic E-state index is 13.5. The summed E-state index contributed by atoms with van der Waals surface area (Å²) < 4.78 is 38.0. The Morgan fingerprint density at radius 1 is 1.25 bits per heavy atom. The Morgan fingerprint density at radius 2 is 1.90 bits per heavy atom. The summed E-state index contributed by atoms with van der Waals surface area (Å²) in [7, 11) is -3.51. The lowest BCUT2D eigenvalue weighted by Gasteiger charge is -2.27. The number of benzene rings is 1. The second-order valence-electron chi connectivity index (χ2n) is 5.22. The largest absolute Gasteiger partial charge is 0.393 e. The first-order chi connectivity index (χ1) is 9.33. The molecule has 0 bridgehead atoms. The Labute approximate surface area is 118 Å². The van der Waals surface area contributed by atoms with Gasteiger partial charge in [0.1, 0.15) is 5.82 Å². The van der Waals surface area contributed by atoms with Crippen LogP contribution in [0.4, 0.5) is 15.8 Å². The minimum atomic E-state index is -3.51. The van der Waals surface area contributed by atoms with Crippen LogP contribution in [-0.4, -0.2) is 31.9 Å². The minimum absolute atomic E-state index is 0.0617. The normalized spacial score (nSPS) is 23.4. The Balaban J connectivity index is 2.07. The molecule has 0 heterocycles. The third-order valence-corrected chi connectivity index (χ3v) is 3.92. The van der Waals surface area contributed by atoms with E-state index < -0.39 is 15.8 Å². The number of rotatable bonds is 4. The van der Waals surface area contributed by atoms with Crippen LogP contribution in [0.2, 0.25) is 0 Å². The van der Waals surface area contributed by atoms with Crippen LogP contribution in [0, 0.1) is 5.82 Å². The SMILES string of the molecule is CS(=O)(=O)Nc1cc(NC2CCC(O)CC2)ccc1F. The minimum Gasteiger partial charge on any atom is -0.393 e. The van der Waals surface area contributed by atoms with E-state index in [-0.39, 0.29) is 17.8 Å². The lowest BCUT2D eigenvalue weighted by atomic mass is 9.93. The molecule has 20 heavy (non-hydrogen) atoms. The molecule has 1 saturated carbocycles. The van der Waals surface area contributed by atoms with E-state index >= 15 is 0 Å². The highest BCUT2D eigenvalue weighted by atomic mass is 32.2. The van der Waals surface area contributed by atoms with Crippen LogP contribution in [-0.2, 0) is 10.0 Å². The lowest BCUT2D eigenvalue weighted by molar-refractivity contribution is 0.126. The van der Waals surface area contributed by atoms with Crippen LogP contribution in [0.1, 0.15) is 25.7 Å². The van der Waals surface area contributed by atoms with Gasteiger partial charge in [-0.3, -0.25) is 4.72 Å². The van der Waals surface area contributed by atoms with Crippen LogP contribution in [0.3, 0.4) is 0 Å². The molecular formula is C13H19FN2O3S. The molecule has 1 fully saturated rings. The molecule has 1 aromatic carbocycles. The van der Waals surface area contributed by atoms with Crippen LogP contribution < -0.4 is 10.0 Å². The summed E-state index contributed by atoms with van der Waals surface area (Å²) in [5, 5.41) is 12.7. The molecule has 0 aromatic heterocycles. The molecule has 3 N–H and O–H groups in total. The number of hydrogen-bond donors (Lipinski definition) is 3. The molecule has 2 rings (SSSR count). The number of hydrogen-bond acceptors (Lipinski definition) is 4. The van der Waals surface area contributed by atoms with Crippen molar-refractivity contribution in [3.8, 4) is 0 Å². The number of anilines is 2. The van der Waals surface area contributed by atoms with E-state index in [9.17, 15) is 17.9 Å². The average Bonchev–Trinajstić information content (AvgIpc) is 2.34. The highest BCUT2D eigenvalue weighted by Crippen LogP contribution is 2.25. The van der Waals surface area contributed by atoms with E-state index in [0.717, 1.165) is 31.9 Å². The third kappa shape index (κ3) is 4.35. The molecule has 0 radical (unpaired) electrons. The van der Waals surface area contributed by atoms with Crippen molar-refractivity contribution < 1.29 is 17.9 Å². The van der Waals surface area contributed by atoms with Crippen LogP contribution in [0.5, 0.6) is 0 Å². The van der Waals surface area contributed by atoms with Gasteiger partial charge in [-0.2, -0.15) is 0 Å². The summed E-state index contributed by atoms with van der Waals surface area (Å²) in [5.41, 5.74) is 0.604. The zero-order chi connectivity index (χ0) is 14.8. The van der Waals surface area contributed by atoms with Gasteiger partial charge in [-0.15, -0.1) is 0 Å². The van der Waals surface area contributed by atoms with E-state index in [2.05, 4.69) is 10.0 Å². The van der Waals surface area contributed by atoms with Gasteiger partial charge < -0.3 is 10.4 Å². The van der Waals surface area contributed by atoms with E-state index in [1.165, 1.54) is 12.1 Å². The molecule has 0 amide bonds. The van der Waals surface area contributed by atoms with Crippen molar-refractivity contribution in [1.29, 1.82) is 0 Å². The molecule has 7 heteroatoms. The number of aliphatic hydroxyl groups excluding tert-OH is 1. The van der Waals surface area contributed by atoms with Gasteiger partial charge in [-0.05, 0) is 43.9 Å². The van der Waals surface area contributed by atoms with Gasteiger partial charge in [0.2, 0.25) is 10.0 Å². The number of aliphatic hydroxyl groups is 1. The maximum atomic E-state index is 13.5. The summed E-state index contributed by atoms with van der Waals surface area (Å²) in [6.07, 6.45) is 3.92. The van der Waals surface area contributed by atoms with Crippen molar-refractivity contribution in [3.63, 3.8) is 0 Å². The zero-order valence-electron chi connectivity index (χ0n) is 11.3. The molecule has 0 saturated heterocycles. The number of halogens is 1. The summed E-state index contributed by atoms with van der Waals surface area (Å²) in [5.74, 6) is -0.611. The van der Waals surface area contributed by atoms with Crippen molar-refractivity contribution >= 4 is 21.4 Å². The van der Waals surface area contributed by atoms with E-state index in [0.29, 0.717) is 5.69 Å². The summed E-state index contributed by atoms with van der Waals surface area (Å²) in [4.78, 5) is 0. The molecule has 0 spiro atoms. The van der Waals surface area contributed by atoms with Gasteiger partial charge in [0, 0.05) is 11.7 Å². The van der Waals surface area contributed by atoms with Gasteiger partial charge in [0.15, 0.2) is 0 Å². The Hall–Kier alpha value is -1.34. The number of sulfonamides is 1. The number of nitrogens with one attached hydrogen (secondary N) is 2. The van der Waals surface area contributed by atoms with E-state index in [4.69, 9.17) is 0 Å². The predicted molar refractivity (Wildman–Crippen MR) is 76.8 cm³/mol. The van der Waals surface area contributed by atoms with Crippen LogP contribution in [0.15, 0.2) is 18.2 Å². The quantitative estimate of drug-likeness (QED) is 0.794. The highest BCUT2D eigenvalue weighted by Gasteiger charge is 2.19. The Morgan fingerprint density at radius 3 is 2.50 bits per heavy atom.